The van der Waals surface area contributed by atoms with Crippen LogP contribution < -0.4 is 16.0 Å². The fraction of sp³-hybridized carbons (Fsp3) is 0.615. The van der Waals surface area contributed by atoms with E-state index in [1.165, 1.54) is 6.20 Å². The Labute approximate surface area is 113 Å². The Hall–Kier alpha value is -1.24. The van der Waals surface area contributed by atoms with Crippen molar-refractivity contribution in [2.45, 2.75) is 38.8 Å². The van der Waals surface area contributed by atoms with Gasteiger partial charge >= 0.3 is 0 Å². The first-order valence-corrected chi connectivity index (χ1v) is 6.45. The van der Waals surface area contributed by atoms with Crippen LogP contribution in [-0.4, -0.2) is 24.8 Å². The molecular formula is C13H22FN3O2. The minimum Gasteiger partial charge on any atom is -0.476 e. The summed E-state index contributed by atoms with van der Waals surface area (Å²) in [5, 5.41) is 0. The van der Waals surface area contributed by atoms with E-state index in [2.05, 4.69) is 10.4 Å². The van der Waals surface area contributed by atoms with Gasteiger partial charge in [-0.25, -0.2) is 9.37 Å². The fourth-order valence-corrected chi connectivity index (χ4v) is 2.02. The van der Waals surface area contributed by atoms with Crippen LogP contribution in [0.5, 0.6) is 5.88 Å². The number of hydrazine groups is 1. The largest absolute Gasteiger partial charge is 0.476 e. The summed E-state index contributed by atoms with van der Waals surface area (Å²) in [6, 6.07) is 1.15. The van der Waals surface area contributed by atoms with Gasteiger partial charge in [-0.05, 0) is 19.4 Å². The van der Waals surface area contributed by atoms with Gasteiger partial charge in [0.05, 0.1) is 18.8 Å². The molecule has 1 aromatic rings. The van der Waals surface area contributed by atoms with Gasteiger partial charge in [-0.2, -0.15) is 0 Å². The Bertz CT molecular complexity index is 390. The van der Waals surface area contributed by atoms with E-state index < -0.39 is 11.9 Å². The number of methoxy groups -OCH3 is 1. The summed E-state index contributed by atoms with van der Waals surface area (Å²) < 4.78 is 24.8. The quantitative estimate of drug-likeness (QED) is 0.558. The van der Waals surface area contributed by atoms with E-state index in [-0.39, 0.29) is 12.0 Å². The molecule has 0 fully saturated rings. The second-order valence-electron chi connectivity index (χ2n) is 4.16. The van der Waals surface area contributed by atoms with E-state index in [0.29, 0.717) is 12.2 Å². The third kappa shape index (κ3) is 3.86. The molecule has 5 nitrogen and oxygen atoms in total. The van der Waals surface area contributed by atoms with Crippen LogP contribution in [0.15, 0.2) is 12.3 Å². The van der Waals surface area contributed by atoms with E-state index in [0.717, 1.165) is 12.8 Å². The van der Waals surface area contributed by atoms with Gasteiger partial charge in [0, 0.05) is 18.9 Å². The monoisotopic (exact) mass is 271 g/mol. The molecule has 1 aromatic heterocycles. The van der Waals surface area contributed by atoms with Gasteiger partial charge in [0.25, 0.3) is 5.88 Å². The highest BCUT2D eigenvalue weighted by molar-refractivity contribution is 5.27. The van der Waals surface area contributed by atoms with Crippen LogP contribution in [-0.2, 0) is 4.74 Å². The number of rotatable bonds is 8. The van der Waals surface area contributed by atoms with Crippen molar-refractivity contribution in [2.75, 3.05) is 13.7 Å². The molecule has 0 radical (unpaired) electrons. The molecule has 19 heavy (non-hydrogen) atoms. The predicted molar refractivity (Wildman–Crippen MR) is 71.1 cm³/mol. The number of halogens is 1. The van der Waals surface area contributed by atoms with Gasteiger partial charge < -0.3 is 9.47 Å². The molecule has 3 N–H and O–H groups in total. The highest BCUT2D eigenvalue weighted by Crippen LogP contribution is 2.27. The van der Waals surface area contributed by atoms with Crippen LogP contribution in [0.3, 0.4) is 0 Å². The van der Waals surface area contributed by atoms with E-state index in [1.54, 1.807) is 20.1 Å². The lowest BCUT2D eigenvalue weighted by molar-refractivity contribution is 0.0592. The number of pyridine rings is 1. The van der Waals surface area contributed by atoms with Crippen molar-refractivity contribution in [3.05, 3.63) is 23.6 Å². The average Bonchev–Trinajstić information content (AvgIpc) is 2.42. The van der Waals surface area contributed by atoms with Gasteiger partial charge in [0.1, 0.15) is 0 Å². The summed E-state index contributed by atoms with van der Waals surface area (Å²) >= 11 is 0. The number of hydrogen-bond acceptors (Lipinski definition) is 5. The van der Waals surface area contributed by atoms with Gasteiger partial charge in [-0.1, -0.05) is 13.3 Å². The molecule has 108 valence electrons. The second kappa shape index (κ2) is 8.04. The molecule has 1 heterocycles. The van der Waals surface area contributed by atoms with Crippen LogP contribution >= 0.6 is 0 Å². The summed E-state index contributed by atoms with van der Waals surface area (Å²) in [6.07, 6.45) is 2.99. The SMILES string of the molecule is CCCC(OC)C(NN)c1ccnc(OCC)c1F. The number of nitrogens with one attached hydrogen (secondary N) is 1. The number of nitrogens with two attached hydrogens (primary N) is 1. The molecule has 0 amide bonds. The maximum atomic E-state index is 14.3. The number of ether oxygens (including phenoxy) is 2. The highest BCUT2D eigenvalue weighted by atomic mass is 19.1. The molecule has 0 saturated heterocycles. The van der Waals surface area contributed by atoms with Gasteiger partial charge in [0.15, 0.2) is 5.82 Å². The van der Waals surface area contributed by atoms with Crippen molar-refractivity contribution in [3.8, 4) is 5.88 Å². The molecule has 0 aliphatic carbocycles. The number of nitrogens with zero attached hydrogens (tertiary/aromatic N) is 1. The van der Waals surface area contributed by atoms with Crippen LogP contribution in [0.25, 0.3) is 0 Å². The zero-order valence-electron chi connectivity index (χ0n) is 11.6. The van der Waals surface area contributed by atoms with E-state index in [4.69, 9.17) is 15.3 Å². The predicted octanol–water partition coefficient (Wildman–Crippen LogP) is 1.94. The lowest BCUT2D eigenvalue weighted by Gasteiger charge is -2.26. The molecule has 0 aromatic carbocycles. The Morgan fingerprint density at radius 2 is 2.21 bits per heavy atom. The summed E-state index contributed by atoms with van der Waals surface area (Å²) in [7, 11) is 1.59. The minimum atomic E-state index is -0.495. The van der Waals surface area contributed by atoms with Gasteiger partial charge in [-0.15, -0.1) is 0 Å². The summed E-state index contributed by atoms with van der Waals surface area (Å²) in [5.41, 5.74) is 3.02. The Morgan fingerprint density at radius 3 is 2.74 bits per heavy atom. The lowest BCUT2D eigenvalue weighted by atomic mass is 9.99. The fourth-order valence-electron chi connectivity index (χ4n) is 2.02. The molecule has 0 aliphatic rings. The topological polar surface area (TPSA) is 69.4 Å². The second-order valence-corrected chi connectivity index (χ2v) is 4.16. The summed E-state index contributed by atoms with van der Waals surface area (Å²) in [4.78, 5) is 3.87. The first kappa shape index (κ1) is 15.8. The van der Waals surface area contributed by atoms with Gasteiger partial charge in [-0.3, -0.25) is 11.3 Å². The number of aromatic nitrogens is 1. The van der Waals surface area contributed by atoms with Crippen LogP contribution in [0.4, 0.5) is 4.39 Å². The maximum Gasteiger partial charge on any atom is 0.250 e. The van der Waals surface area contributed by atoms with Crippen LogP contribution in [0.1, 0.15) is 38.3 Å². The number of hydrogen-bond donors (Lipinski definition) is 2. The lowest BCUT2D eigenvalue weighted by Crippen LogP contribution is -2.38. The first-order valence-electron chi connectivity index (χ1n) is 6.45. The minimum absolute atomic E-state index is 0.00778. The normalized spacial score (nSPS) is 14.2. The van der Waals surface area contributed by atoms with Gasteiger partial charge in [0.2, 0.25) is 0 Å². The first-order chi connectivity index (χ1) is 9.19. The highest BCUT2D eigenvalue weighted by Gasteiger charge is 2.26. The smallest absolute Gasteiger partial charge is 0.250 e. The molecule has 0 aliphatic heterocycles. The Kier molecular flexibility index (Phi) is 6.69. The Balaban J connectivity index is 3.06. The summed E-state index contributed by atoms with van der Waals surface area (Å²) in [6.45, 7) is 4.17. The molecular weight excluding hydrogens is 249 g/mol. The van der Waals surface area contributed by atoms with Crippen molar-refractivity contribution in [2.24, 2.45) is 5.84 Å². The zero-order chi connectivity index (χ0) is 14.3. The third-order valence-corrected chi connectivity index (χ3v) is 2.93. The Morgan fingerprint density at radius 1 is 1.47 bits per heavy atom. The molecule has 6 heteroatoms. The van der Waals surface area contributed by atoms with Crippen molar-refractivity contribution >= 4 is 0 Å². The molecule has 0 spiro atoms. The molecule has 0 saturated carbocycles. The van der Waals surface area contributed by atoms with E-state index in [1.807, 2.05) is 6.92 Å². The van der Waals surface area contributed by atoms with Crippen molar-refractivity contribution in [1.82, 2.24) is 10.4 Å². The average molecular weight is 271 g/mol. The van der Waals surface area contributed by atoms with Crippen molar-refractivity contribution in [3.63, 3.8) is 0 Å². The maximum absolute atomic E-state index is 14.3. The van der Waals surface area contributed by atoms with Crippen molar-refractivity contribution in [1.29, 1.82) is 0 Å². The standard InChI is InChI=1S/C13H22FN3O2/c1-4-6-10(18-3)12(17-15)9-7-8-16-13(11(9)14)19-5-2/h7-8,10,12,17H,4-6,15H2,1-3H3. The third-order valence-electron chi connectivity index (χ3n) is 2.93. The molecule has 1 rings (SSSR count). The van der Waals surface area contributed by atoms with E-state index >= 15 is 0 Å². The molecule has 2 unspecified atom stereocenters. The van der Waals surface area contributed by atoms with E-state index in [9.17, 15) is 4.39 Å². The molecule has 2 atom stereocenters. The molecule has 0 bridgehead atoms. The van der Waals surface area contributed by atoms with Crippen molar-refractivity contribution < 1.29 is 13.9 Å². The zero-order valence-corrected chi connectivity index (χ0v) is 11.6. The van der Waals surface area contributed by atoms with Crippen LogP contribution in [0.2, 0.25) is 0 Å². The summed E-state index contributed by atoms with van der Waals surface area (Å²) in [5.74, 6) is 5.04. The van der Waals surface area contributed by atoms with Crippen LogP contribution in [0, 0.1) is 5.82 Å².